The summed E-state index contributed by atoms with van der Waals surface area (Å²) in [6.45, 7) is 1.69. The first-order chi connectivity index (χ1) is 8.79. The molecule has 1 aromatic heterocycles. The first-order valence-corrected chi connectivity index (χ1v) is 5.80. The van der Waals surface area contributed by atoms with Gasteiger partial charge in [-0.3, -0.25) is 4.68 Å². The Morgan fingerprint density at radius 2 is 2.33 bits per heavy atom. The first kappa shape index (κ1) is 12.0. The molecule has 0 aliphatic rings. The van der Waals surface area contributed by atoms with Crippen molar-refractivity contribution in [3.05, 3.63) is 42.2 Å². The lowest BCUT2D eigenvalue weighted by atomic mass is 10.2. The van der Waals surface area contributed by atoms with E-state index in [0.717, 1.165) is 25.2 Å². The standard InChI is InChI=1S/C13H15N5/c14-10-11-3-4-13(12(15)9-11)16-5-1-7-18-8-2-6-17-18/h2-4,6,8-9,16H,1,5,7,15H2. The van der Waals surface area contributed by atoms with Gasteiger partial charge in [0.1, 0.15) is 0 Å². The van der Waals surface area contributed by atoms with Crippen molar-refractivity contribution in [1.29, 1.82) is 5.26 Å². The zero-order valence-corrected chi connectivity index (χ0v) is 10.0. The van der Waals surface area contributed by atoms with Crippen LogP contribution in [0.15, 0.2) is 36.7 Å². The maximum Gasteiger partial charge on any atom is 0.0992 e. The van der Waals surface area contributed by atoms with Crippen LogP contribution in [0.2, 0.25) is 0 Å². The number of anilines is 2. The minimum absolute atomic E-state index is 0.578. The fourth-order valence-corrected chi connectivity index (χ4v) is 1.69. The molecule has 18 heavy (non-hydrogen) atoms. The molecule has 0 aliphatic carbocycles. The van der Waals surface area contributed by atoms with Crippen LogP contribution in [-0.4, -0.2) is 16.3 Å². The molecule has 1 heterocycles. The summed E-state index contributed by atoms with van der Waals surface area (Å²) < 4.78 is 1.89. The van der Waals surface area contributed by atoms with Gasteiger partial charge in [-0.25, -0.2) is 0 Å². The third-order valence-corrected chi connectivity index (χ3v) is 2.62. The summed E-state index contributed by atoms with van der Waals surface area (Å²) in [6, 6.07) is 9.24. The second kappa shape index (κ2) is 5.73. The highest BCUT2D eigenvalue weighted by molar-refractivity contribution is 5.68. The van der Waals surface area contributed by atoms with Gasteiger partial charge in [0.2, 0.25) is 0 Å². The second-order valence-corrected chi connectivity index (χ2v) is 3.96. The molecule has 0 fully saturated rings. The average Bonchev–Trinajstić information content (AvgIpc) is 2.89. The summed E-state index contributed by atoms with van der Waals surface area (Å²) in [4.78, 5) is 0. The van der Waals surface area contributed by atoms with Crippen LogP contribution in [0.4, 0.5) is 11.4 Å². The Morgan fingerprint density at radius 3 is 3.00 bits per heavy atom. The summed E-state index contributed by atoms with van der Waals surface area (Å²) in [5.74, 6) is 0. The zero-order chi connectivity index (χ0) is 12.8. The molecule has 0 atom stereocenters. The normalized spacial score (nSPS) is 9.94. The van der Waals surface area contributed by atoms with E-state index in [1.807, 2.05) is 23.0 Å². The SMILES string of the molecule is N#Cc1ccc(NCCCn2cccn2)c(N)c1. The molecule has 5 nitrogen and oxygen atoms in total. The van der Waals surface area contributed by atoms with Crippen molar-refractivity contribution in [3.8, 4) is 6.07 Å². The van der Waals surface area contributed by atoms with Crippen molar-refractivity contribution in [1.82, 2.24) is 9.78 Å². The number of benzene rings is 1. The van der Waals surface area contributed by atoms with Gasteiger partial charge < -0.3 is 11.1 Å². The number of nitrogens with two attached hydrogens (primary N) is 1. The minimum atomic E-state index is 0.578. The van der Waals surface area contributed by atoms with Crippen molar-refractivity contribution in [2.24, 2.45) is 0 Å². The highest BCUT2D eigenvalue weighted by Crippen LogP contribution is 2.19. The molecule has 92 valence electrons. The van der Waals surface area contributed by atoms with E-state index >= 15 is 0 Å². The topological polar surface area (TPSA) is 79.7 Å². The molecule has 0 unspecified atom stereocenters. The highest BCUT2D eigenvalue weighted by Gasteiger charge is 2.00. The molecule has 0 aliphatic heterocycles. The highest BCUT2D eigenvalue weighted by atomic mass is 15.3. The molecule has 0 saturated carbocycles. The summed E-state index contributed by atoms with van der Waals surface area (Å²) in [5, 5.41) is 16.1. The number of aromatic nitrogens is 2. The number of rotatable bonds is 5. The van der Waals surface area contributed by atoms with E-state index in [1.54, 1.807) is 18.3 Å². The number of aryl methyl sites for hydroxylation is 1. The smallest absolute Gasteiger partial charge is 0.0992 e. The Morgan fingerprint density at radius 1 is 1.44 bits per heavy atom. The number of nitrogen functional groups attached to an aromatic ring is 1. The molecular formula is C13H15N5. The van der Waals surface area contributed by atoms with Crippen LogP contribution in [0.3, 0.4) is 0 Å². The fourth-order valence-electron chi connectivity index (χ4n) is 1.69. The van der Waals surface area contributed by atoms with Crippen LogP contribution in [-0.2, 0) is 6.54 Å². The van der Waals surface area contributed by atoms with Crippen molar-refractivity contribution < 1.29 is 0 Å². The molecule has 5 heteroatoms. The molecule has 0 saturated heterocycles. The summed E-state index contributed by atoms with van der Waals surface area (Å²) >= 11 is 0. The van der Waals surface area contributed by atoms with E-state index in [0.29, 0.717) is 11.3 Å². The third-order valence-electron chi connectivity index (χ3n) is 2.62. The predicted octanol–water partition coefficient (Wildman–Crippen LogP) is 1.84. The first-order valence-electron chi connectivity index (χ1n) is 5.80. The van der Waals surface area contributed by atoms with Crippen LogP contribution in [0, 0.1) is 11.3 Å². The quantitative estimate of drug-likeness (QED) is 0.618. The lowest BCUT2D eigenvalue weighted by molar-refractivity contribution is 0.592. The third kappa shape index (κ3) is 3.01. The lowest BCUT2D eigenvalue weighted by Gasteiger charge is -2.09. The Balaban J connectivity index is 1.82. The summed E-state index contributed by atoms with van der Waals surface area (Å²) in [6.07, 6.45) is 4.67. The molecule has 3 N–H and O–H groups in total. The predicted molar refractivity (Wildman–Crippen MR) is 70.9 cm³/mol. The molecule has 1 aromatic carbocycles. The number of hydrogen-bond donors (Lipinski definition) is 2. The monoisotopic (exact) mass is 241 g/mol. The molecule has 0 radical (unpaired) electrons. The van der Waals surface area contributed by atoms with Gasteiger partial charge in [0, 0.05) is 25.5 Å². The van der Waals surface area contributed by atoms with Crippen LogP contribution in [0.25, 0.3) is 0 Å². The molecule has 0 bridgehead atoms. The van der Waals surface area contributed by atoms with Gasteiger partial charge >= 0.3 is 0 Å². The Kier molecular flexibility index (Phi) is 3.82. The van der Waals surface area contributed by atoms with Crippen LogP contribution in [0.5, 0.6) is 0 Å². The van der Waals surface area contributed by atoms with E-state index in [1.165, 1.54) is 0 Å². The largest absolute Gasteiger partial charge is 0.397 e. The van der Waals surface area contributed by atoms with Gasteiger partial charge in [0.25, 0.3) is 0 Å². The summed E-state index contributed by atoms with van der Waals surface area (Å²) in [5.41, 5.74) is 7.90. The van der Waals surface area contributed by atoms with E-state index in [-0.39, 0.29) is 0 Å². The molecule has 2 rings (SSSR count). The summed E-state index contributed by atoms with van der Waals surface area (Å²) in [7, 11) is 0. The van der Waals surface area contributed by atoms with E-state index in [4.69, 9.17) is 11.0 Å². The van der Waals surface area contributed by atoms with Gasteiger partial charge in [-0.1, -0.05) is 0 Å². The van der Waals surface area contributed by atoms with Crippen LogP contribution in [0.1, 0.15) is 12.0 Å². The molecular weight excluding hydrogens is 226 g/mol. The van der Waals surface area contributed by atoms with Gasteiger partial charge in [0.15, 0.2) is 0 Å². The maximum absolute atomic E-state index is 8.74. The number of nitrogens with one attached hydrogen (secondary N) is 1. The van der Waals surface area contributed by atoms with Crippen LogP contribution < -0.4 is 11.1 Å². The Bertz CT molecular complexity index is 539. The maximum atomic E-state index is 8.74. The Labute approximate surface area is 106 Å². The Hall–Kier alpha value is -2.48. The molecule has 0 spiro atoms. The van der Waals surface area contributed by atoms with Crippen molar-refractivity contribution in [2.45, 2.75) is 13.0 Å². The van der Waals surface area contributed by atoms with Gasteiger partial charge in [-0.05, 0) is 30.7 Å². The van der Waals surface area contributed by atoms with Crippen molar-refractivity contribution in [3.63, 3.8) is 0 Å². The van der Waals surface area contributed by atoms with Crippen molar-refractivity contribution >= 4 is 11.4 Å². The van der Waals surface area contributed by atoms with Gasteiger partial charge in [-0.2, -0.15) is 10.4 Å². The van der Waals surface area contributed by atoms with Gasteiger partial charge in [0.05, 0.1) is 23.0 Å². The van der Waals surface area contributed by atoms with E-state index in [9.17, 15) is 0 Å². The molecule has 0 amide bonds. The lowest BCUT2D eigenvalue weighted by Crippen LogP contribution is -2.08. The molecule has 2 aromatic rings. The van der Waals surface area contributed by atoms with Crippen LogP contribution >= 0.6 is 0 Å². The van der Waals surface area contributed by atoms with Gasteiger partial charge in [-0.15, -0.1) is 0 Å². The second-order valence-electron chi connectivity index (χ2n) is 3.96. The van der Waals surface area contributed by atoms with E-state index in [2.05, 4.69) is 16.5 Å². The zero-order valence-electron chi connectivity index (χ0n) is 10.0. The number of hydrogen-bond acceptors (Lipinski definition) is 4. The fraction of sp³-hybridized carbons (Fsp3) is 0.231. The number of nitrogens with zero attached hydrogens (tertiary/aromatic N) is 3. The number of nitriles is 1. The minimum Gasteiger partial charge on any atom is -0.397 e. The average molecular weight is 241 g/mol. The van der Waals surface area contributed by atoms with Crippen molar-refractivity contribution in [2.75, 3.05) is 17.6 Å². The van der Waals surface area contributed by atoms with E-state index < -0.39 is 0 Å².